The molecule has 0 bridgehead atoms. The third kappa shape index (κ3) is 1.79. The maximum atomic E-state index is 4.17. The van der Waals surface area contributed by atoms with E-state index < -0.39 is 0 Å². The van der Waals surface area contributed by atoms with Gasteiger partial charge in [-0.25, -0.2) is 0 Å². The van der Waals surface area contributed by atoms with E-state index in [1.165, 1.54) is 37.7 Å². The van der Waals surface area contributed by atoms with Gasteiger partial charge < -0.3 is 0 Å². The second-order valence-electron chi connectivity index (χ2n) is 5.97. The van der Waals surface area contributed by atoms with Crippen molar-refractivity contribution in [3.63, 3.8) is 0 Å². The average Bonchev–Trinajstić information content (AvgIpc) is 2.15. The Bertz CT molecular complexity index is 297. The second-order valence-corrected chi connectivity index (χ2v) is 5.97. The van der Waals surface area contributed by atoms with Crippen LogP contribution in [-0.4, -0.2) is 0 Å². The molecule has 0 unspecified atom stereocenters. The van der Waals surface area contributed by atoms with Gasteiger partial charge in [-0.15, -0.1) is 0 Å². The first-order valence-corrected chi connectivity index (χ1v) is 6.35. The fourth-order valence-corrected chi connectivity index (χ4v) is 3.61. The molecule has 15 heavy (non-hydrogen) atoms. The average molecular weight is 204 g/mol. The van der Waals surface area contributed by atoms with E-state index in [4.69, 9.17) is 0 Å². The van der Waals surface area contributed by atoms with Gasteiger partial charge in [0, 0.05) is 0 Å². The van der Waals surface area contributed by atoms with E-state index in [1.807, 2.05) is 0 Å². The molecule has 0 amide bonds. The van der Waals surface area contributed by atoms with Crippen molar-refractivity contribution in [2.24, 2.45) is 17.3 Å². The first-order chi connectivity index (χ1) is 7.04. The van der Waals surface area contributed by atoms with E-state index in [0.717, 1.165) is 11.8 Å². The zero-order chi connectivity index (χ0) is 11.1. The zero-order valence-electron chi connectivity index (χ0n) is 10.5. The van der Waals surface area contributed by atoms with Gasteiger partial charge in [-0.1, -0.05) is 30.7 Å². The molecule has 3 atom stereocenters. The van der Waals surface area contributed by atoms with Crippen LogP contribution in [0.15, 0.2) is 23.8 Å². The summed E-state index contributed by atoms with van der Waals surface area (Å²) in [6, 6.07) is 0. The largest absolute Gasteiger partial charge is 0.0998 e. The number of hydrogen-bond donors (Lipinski definition) is 0. The highest BCUT2D eigenvalue weighted by Crippen LogP contribution is 2.57. The first-order valence-electron chi connectivity index (χ1n) is 6.35. The fourth-order valence-electron chi connectivity index (χ4n) is 3.61. The molecule has 1 saturated carbocycles. The lowest BCUT2D eigenvalue weighted by Crippen LogP contribution is -2.44. The second kappa shape index (κ2) is 3.81. The summed E-state index contributed by atoms with van der Waals surface area (Å²) in [4.78, 5) is 0. The van der Waals surface area contributed by atoms with Gasteiger partial charge in [-0.2, -0.15) is 0 Å². The van der Waals surface area contributed by atoms with Gasteiger partial charge in [0.1, 0.15) is 0 Å². The lowest BCUT2D eigenvalue weighted by atomic mass is 9.51. The quantitative estimate of drug-likeness (QED) is 0.571. The van der Waals surface area contributed by atoms with Crippen molar-refractivity contribution in [1.82, 2.24) is 0 Å². The molecule has 0 aromatic rings. The summed E-state index contributed by atoms with van der Waals surface area (Å²) in [5.41, 5.74) is 3.58. The molecule has 0 nitrogen and oxygen atoms in total. The highest BCUT2D eigenvalue weighted by Gasteiger charge is 2.47. The van der Waals surface area contributed by atoms with Crippen molar-refractivity contribution in [2.75, 3.05) is 0 Å². The van der Waals surface area contributed by atoms with Gasteiger partial charge in [-0.3, -0.25) is 0 Å². The molecule has 84 valence electrons. The van der Waals surface area contributed by atoms with E-state index in [-0.39, 0.29) is 0 Å². The van der Waals surface area contributed by atoms with Crippen LogP contribution >= 0.6 is 0 Å². The number of hydrogen-bond acceptors (Lipinski definition) is 0. The Kier molecular flexibility index (Phi) is 2.79. The van der Waals surface area contributed by atoms with E-state index in [9.17, 15) is 0 Å². The molecule has 2 rings (SSSR count). The van der Waals surface area contributed by atoms with Crippen molar-refractivity contribution < 1.29 is 0 Å². The first kappa shape index (κ1) is 11.0. The van der Waals surface area contributed by atoms with Crippen molar-refractivity contribution in [3.8, 4) is 0 Å². The smallest absolute Gasteiger partial charge is 0.0152 e. The molecule has 2 aliphatic carbocycles. The maximum Gasteiger partial charge on any atom is -0.0152 e. The molecule has 0 spiro atoms. The van der Waals surface area contributed by atoms with Crippen molar-refractivity contribution in [1.29, 1.82) is 0 Å². The normalized spacial score (nSPS) is 40.6. The van der Waals surface area contributed by atoms with Crippen molar-refractivity contribution in [2.45, 2.75) is 52.9 Å². The Morgan fingerprint density at radius 2 is 2.20 bits per heavy atom. The Balaban J connectivity index is 2.07. The number of allylic oxidation sites excluding steroid dienone is 3. The van der Waals surface area contributed by atoms with Crippen molar-refractivity contribution in [3.05, 3.63) is 23.8 Å². The fraction of sp³-hybridized carbons (Fsp3) is 0.733. The lowest BCUT2D eigenvalue weighted by molar-refractivity contribution is 0.00363. The number of rotatable bonds is 2. The summed E-state index contributed by atoms with van der Waals surface area (Å²) in [5, 5.41) is 0. The minimum absolute atomic E-state index is 0.572. The van der Waals surface area contributed by atoms with Crippen LogP contribution in [-0.2, 0) is 0 Å². The highest BCUT2D eigenvalue weighted by atomic mass is 14.5. The van der Waals surface area contributed by atoms with Crippen LogP contribution in [0.3, 0.4) is 0 Å². The molecule has 0 saturated heterocycles. The predicted molar refractivity (Wildman–Crippen MR) is 66.7 cm³/mol. The minimum atomic E-state index is 0.572. The van der Waals surface area contributed by atoms with E-state index in [1.54, 1.807) is 5.57 Å². The molecule has 0 heterocycles. The Hall–Kier alpha value is -0.520. The molecular formula is C15H24. The van der Waals surface area contributed by atoms with Crippen LogP contribution in [0.5, 0.6) is 0 Å². The summed E-state index contributed by atoms with van der Waals surface area (Å²) in [6.07, 6.45) is 9.30. The summed E-state index contributed by atoms with van der Waals surface area (Å²) < 4.78 is 0. The molecule has 2 aliphatic rings. The SMILES string of the molecule is C=C(C)[C@@H]1CC[C@@]1(C)[C@@H]1CC=C(C)CC1. The molecule has 0 aromatic carbocycles. The Morgan fingerprint density at radius 3 is 2.60 bits per heavy atom. The molecular weight excluding hydrogens is 180 g/mol. The summed E-state index contributed by atoms with van der Waals surface area (Å²) in [6.45, 7) is 11.1. The molecule has 0 heteroatoms. The monoisotopic (exact) mass is 204 g/mol. The van der Waals surface area contributed by atoms with Gasteiger partial charge in [-0.05, 0) is 63.2 Å². The maximum absolute atomic E-state index is 4.17. The van der Waals surface area contributed by atoms with E-state index >= 15 is 0 Å². The van der Waals surface area contributed by atoms with Gasteiger partial charge in [0.25, 0.3) is 0 Å². The molecule has 0 aliphatic heterocycles. The third-order valence-electron chi connectivity index (χ3n) is 4.93. The van der Waals surface area contributed by atoms with Gasteiger partial charge in [0.05, 0.1) is 0 Å². The highest BCUT2D eigenvalue weighted by molar-refractivity contribution is 5.14. The summed E-state index contributed by atoms with van der Waals surface area (Å²) in [5.74, 6) is 1.71. The van der Waals surface area contributed by atoms with Crippen LogP contribution in [0.4, 0.5) is 0 Å². The zero-order valence-corrected chi connectivity index (χ0v) is 10.5. The van der Waals surface area contributed by atoms with E-state index in [0.29, 0.717) is 5.41 Å². The Labute approximate surface area is 94.5 Å². The molecule has 1 fully saturated rings. The molecule has 0 aromatic heterocycles. The van der Waals surface area contributed by atoms with Gasteiger partial charge in [0.2, 0.25) is 0 Å². The van der Waals surface area contributed by atoms with Gasteiger partial charge >= 0.3 is 0 Å². The van der Waals surface area contributed by atoms with Crippen LogP contribution in [0, 0.1) is 17.3 Å². The predicted octanol–water partition coefficient (Wildman–Crippen LogP) is 4.73. The van der Waals surface area contributed by atoms with Crippen LogP contribution in [0.1, 0.15) is 52.9 Å². The third-order valence-corrected chi connectivity index (χ3v) is 4.93. The van der Waals surface area contributed by atoms with Crippen LogP contribution in [0.2, 0.25) is 0 Å². The van der Waals surface area contributed by atoms with Crippen LogP contribution in [0.25, 0.3) is 0 Å². The van der Waals surface area contributed by atoms with Crippen molar-refractivity contribution >= 4 is 0 Å². The summed E-state index contributed by atoms with van der Waals surface area (Å²) in [7, 11) is 0. The molecule has 0 radical (unpaired) electrons. The van der Waals surface area contributed by atoms with E-state index in [2.05, 4.69) is 33.4 Å². The van der Waals surface area contributed by atoms with Crippen LogP contribution < -0.4 is 0 Å². The topological polar surface area (TPSA) is 0 Å². The minimum Gasteiger partial charge on any atom is -0.0998 e. The lowest BCUT2D eigenvalue weighted by Gasteiger charge is -2.53. The summed E-state index contributed by atoms with van der Waals surface area (Å²) >= 11 is 0. The Morgan fingerprint density at radius 1 is 1.47 bits per heavy atom. The standard InChI is InChI=1S/C15H24/c1-11(2)14-9-10-15(14,4)13-7-5-12(3)6-8-13/h5,13-14H,1,6-10H2,2-4H3/t13-,14+,15+/m1/s1. The van der Waals surface area contributed by atoms with Gasteiger partial charge in [0.15, 0.2) is 0 Å². The molecule has 0 N–H and O–H groups in total.